The van der Waals surface area contributed by atoms with Gasteiger partial charge in [0, 0.05) is 35.7 Å². The Morgan fingerprint density at radius 3 is 2.45 bits per heavy atom. The molecule has 3 heterocycles. The zero-order valence-corrected chi connectivity index (χ0v) is 17.5. The lowest BCUT2D eigenvalue weighted by atomic mass is 9.73. The van der Waals surface area contributed by atoms with Crippen LogP contribution in [0.3, 0.4) is 0 Å². The lowest BCUT2D eigenvalue weighted by Gasteiger charge is -2.45. The Balaban J connectivity index is 1.97. The van der Waals surface area contributed by atoms with E-state index in [1.165, 1.54) is 12.5 Å². The van der Waals surface area contributed by atoms with Crippen LogP contribution >= 0.6 is 0 Å². The number of sulfone groups is 1. The number of piperidine rings is 1. The minimum Gasteiger partial charge on any atom is -0.400 e. The Labute approximate surface area is 169 Å². The van der Waals surface area contributed by atoms with E-state index in [9.17, 15) is 13.2 Å². The highest BCUT2D eigenvalue weighted by molar-refractivity contribution is 7.95. The number of aromatic nitrogens is 3. The zero-order chi connectivity index (χ0) is 21.4. The molecule has 1 amide bonds. The Morgan fingerprint density at radius 2 is 1.97 bits per heavy atom. The number of H-pyrrole nitrogens is 1. The highest BCUT2D eigenvalue weighted by atomic mass is 32.2. The largest absolute Gasteiger partial charge is 0.400 e. The average Bonchev–Trinajstić information content (AvgIpc) is 3.26. The van der Waals surface area contributed by atoms with Gasteiger partial charge in [0.2, 0.25) is 5.82 Å². The molecule has 3 rings (SSSR count). The van der Waals surface area contributed by atoms with Crippen LogP contribution in [-0.4, -0.2) is 64.8 Å². The molecular weight excluding hydrogens is 396 g/mol. The molecule has 29 heavy (non-hydrogen) atoms. The number of nitrogens with one attached hydrogen (secondary N) is 1. The third kappa shape index (κ3) is 3.88. The summed E-state index contributed by atoms with van der Waals surface area (Å²) in [5.74, 6) is -0.252. The third-order valence-electron chi connectivity index (χ3n) is 5.62. The number of amidine groups is 1. The van der Waals surface area contributed by atoms with E-state index in [1.807, 2.05) is 11.8 Å². The maximum absolute atomic E-state index is 12.8. The number of amides is 1. The standard InChI is InChI=1S/C17H26N8O3S/c1-4-21-23-14(19)12(29(3,27)28)13(18)17(2)7-10-5-6-11(8-17)25(10)16(26)15-20-9-22-24-15/h4,9-11H,5-8,18H2,1-3H3,(H2,19,23)(H,20,22,24)/b13-12?,21-4-. The SMILES string of the molecule is C/C=N\N=C(N)C(=C(N)C1(C)CC2CCC(C1)N2C(=O)c1ncn[nH]1)S(C)(=O)=O. The molecule has 0 saturated carbocycles. The van der Waals surface area contributed by atoms with Crippen LogP contribution < -0.4 is 11.5 Å². The van der Waals surface area contributed by atoms with Crippen molar-refractivity contribution in [1.82, 2.24) is 20.1 Å². The molecule has 2 aliphatic heterocycles. The number of hydrogen-bond donors (Lipinski definition) is 3. The van der Waals surface area contributed by atoms with Crippen LogP contribution in [0.15, 0.2) is 27.1 Å². The number of nitrogens with two attached hydrogens (primary N) is 2. The molecule has 0 radical (unpaired) electrons. The van der Waals surface area contributed by atoms with Crippen molar-refractivity contribution in [3.8, 4) is 0 Å². The van der Waals surface area contributed by atoms with E-state index in [1.54, 1.807) is 6.92 Å². The molecule has 158 valence electrons. The number of nitrogens with zero attached hydrogens (tertiary/aromatic N) is 5. The van der Waals surface area contributed by atoms with E-state index in [2.05, 4.69) is 25.4 Å². The van der Waals surface area contributed by atoms with Crippen LogP contribution in [0.5, 0.6) is 0 Å². The summed E-state index contributed by atoms with van der Waals surface area (Å²) in [6, 6.07) is -0.162. The number of aromatic amines is 1. The molecule has 2 fully saturated rings. The fourth-order valence-electron chi connectivity index (χ4n) is 4.43. The van der Waals surface area contributed by atoms with E-state index in [0.29, 0.717) is 12.8 Å². The van der Waals surface area contributed by atoms with Gasteiger partial charge in [-0.25, -0.2) is 13.4 Å². The van der Waals surface area contributed by atoms with Gasteiger partial charge in [-0.1, -0.05) is 6.92 Å². The quantitative estimate of drug-likeness (QED) is 0.344. The van der Waals surface area contributed by atoms with Crippen molar-refractivity contribution in [3.05, 3.63) is 22.8 Å². The van der Waals surface area contributed by atoms with Crippen molar-refractivity contribution in [2.75, 3.05) is 6.26 Å². The Kier molecular flexibility index (Phi) is 5.48. The first-order valence-corrected chi connectivity index (χ1v) is 11.2. The van der Waals surface area contributed by atoms with Crippen LogP contribution in [0.2, 0.25) is 0 Å². The van der Waals surface area contributed by atoms with E-state index in [0.717, 1.165) is 19.1 Å². The summed E-state index contributed by atoms with van der Waals surface area (Å²) in [4.78, 5) is 18.4. The van der Waals surface area contributed by atoms with Gasteiger partial charge >= 0.3 is 0 Å². The fourth-order valence-corrected chi connectivity index (χ4v) is 5.50. The van der Waals surface area contributed by atoms with E-state index in [-0.39, 0.29) is 40.3 Å². The van der Waals surface area contributed by atoms with Gasteiger partial charge in [0.15, 0.2) is 15.7 Å². The predicted molar refractivity (Wildman–Crippen MR) is 109 cm³/mol. The van der Waals surface area contributed by atoms with Crippen molar-refractivity contribution in [1.29, 1.82) is 0 Å². The van der Waals surface area contributed by atoms with Crippen LogP contribution in [0.1, 0.15) is 50.1 Å². The van der Waals surface area contributed by atoms with Gasteiger partial charge in [-0.3, -0.25) is 9.89 Å². The summed E-state index contributed by atoms with van der Waals surface area (Å²) in [6.45, 7) is 3.55. The molecule has 0 aliphatic carbocycles. The van der Waals surface area contributed by atoms with E-state index in [4.69, 9.17) is 11.5 Å². The number of hydrogen-bond acceptors (Lipinski definition) is 8. The summed E-state index contributed by atoms with van der Waals surface area (Å²) >= 11 is 0. The molecule has 0 aromatic carbocycles. The van der Waals surface area contributed by atoms with Gasteiger partial charge in [0.1, 0.15) is 11.2 Å². The fraction of sp³-hybridized carbons (Fsp3) is 0.588. The summed E-state index contributed by atoms with van der Waals surface area (Å²) in [6.07, 6.45) is 6.39. The molecule has 2 saturated heterocycles. The zero-order valence-electron chi connectivity index (χ0n) is 16.7. The Bertz CT molecular complexity index is 966. The first kappa shape index (κ1) is 21.0. The van der Waals surface area contributed by atoms with Crippen LogP contribution in [-0.2, 0) is 9.84 Å². The Hall–Kier alpha value is -2.76. The van der Waals surface area contributed by atoms with Crippen molar-refractivity contribution in [2.24, 2.45) is 27.1 Å². The van der Waals surface area contributed by atoms with Crippen molar-refractivity contribution in [3.63, 3.8) is 0 Å². The average molecular weight is 423 g/mol. The second kappa shape index (κ2) is 7.58. The summed E-state index contributed by atoms with van der Waals surface area (Å²) < 4.78 is 24.9. The molecule has 2 bridgehead atoms. The highest BCUT2D eigenvalue weighted by Crippen LogP contribution is 2.49. The molecule has 11 nitrogen and oxygen atoms in total. The monoisotopic (exact) mass is 422 g/mol. The molecule has 12 heteroatoms. The second-order valence-corrected chi connectivity index (χ2v) is 9.73. The molecule has 2 aliphatic rings. The maximum atomic E-state index is 12.8. The summed E-state index contributed by atoms with van der Waals surface area (Å²) in [7, 11) is -3.74. The first-order valence-electron chi connectivity index (χ1n) is 9.28. The predicted octanol–water partition coefficient (Wildman–Crippen LogP) is 0.156. The number of allylic oxidation sites excluding steroid dienone is 1. The lowest BCUT2D eigenvalue weighted by Crippen LogP contribution is -2.51. The molecule has 2 unspecified atom stereocenters. The van der Waals surface area contributed by atoms with Gasteiger partial charge in [-0.2, -0.15) is 10.2 Å². The van der Waals surface area contributed by atoms with Crippen LogP contribution in [0.25, 0.3) is 0 Å². The number of carbonyl (C=O) groups excluding carboxylic acids is 1. The molecule has 1 aromatic heterocycles. The number of fused-ring (bicyclic) bond motifs is 2. The minimum absolute atomic E-state index is 0.0810. The summed E-state index contributed by atoms with van der Waals surface area (Å²) in [5, 5.41) is 13.8. The molecule has 0 spiro atoms. The van der Waals surface area contributed by atoms with Gasteiger partial charge < -0.3 is 16.4 Å². The molecular formula is C17H26N8O3S. The van der Waals surface area contributed by atoms with Crippen molar-refractivity contribution in [2.45, 2.75) is 51.6 Å². The third-order valence-corrected chi connectivity index (χ3v) is 6.79. The molecule has 1 aromatic rings. The Morgan fingerprint density at radius 1 is 1.34 bits per heavy atom. The number of rotatable bonds is 5. The normalized spacial score (nSPS) is 28.7. The van der Waals surface area contributed by atoms with Gasteiger partial charge in [0.25, 0.3) is 5.91 Å². The maximum Gasteiger partial charge on any atom is 0.291 e. The van der Waals surface area contributed by atoms with Crippen LogP contribution in [0.4, 0.5) is 0 Å². The topological polar surface area (TPSA) is 173 Å². The van der Waals surface area contributed by atoms with Crippen molar-refractivity contribution >= 4 is 27.8 Å². The molecule has 2 atom stereocenters. The van der Waals surface area contributed by atoms with Gasteiger partial charge in [0.05, 0.1) is 0 Å². The second-order valence-electron chi connectivity index (χ2n) is 7.77. The highest BCUT2D eigenvalue weighted by Gasteiger charge is 2.50. The van der Waals surface area contributed by atoms with Crippen molar-refractivity contribution < 1.29 is 13.2 Å². The lowest BCUT2D eigenvalue weighted by molar-refractivity contribution is 0.0419. The first-order chi connectivity index (χ1) is 13.6. The van der Waals surface area contributed by atoms with E-state index >= 15 is 0 Å². The van der Waals surface area contributed by atoms with Gasteiger partial charge in [-0.15, -0.1) is 5.10 Å². The van der Waals surface area contributed by atoms with Crippen LogP contribution in [0, 0.1) is 5.41 Å². The van der Waals surface area contributed by atoms with Gasteiger partial charge in [-0.05, 0) is 32.6 Å². The molecule has 5 N–H and O–H groups in total. The minimum atomic E-state index is -3.74. The van der Waals surface area contributed by atoms with E-state index < -0.39 is 15.3 Å². The summed E-state index contributed by atoms with van der Waals surface area (Å²) in [5.41, 5.74) is 11.8. The number of carbonyl (C=O) groups is 1. The smallest absolute Gasteiger partial charge is 0.291 e.